The van der Waals surface area contributed by atoms with E-state index in [9.17, 15) is 18.0 Å². The third kappa shape index (κ3) is 4.88. The van der Waals surface area contributed by atoms with Crippen LogP contribution in [0.1, 0.15) is 21.5 Å². The summed E-state index contributed by atoms with van der Waals surface area (Å²) in [7, 11) is 1.41. The minimum atomic E-state index is -4.75. The summed E-state index contributed by atoms with van der Waals surface area (Å²) in [6.07, 6.45) is -4.11. The van der Waals surface area contributed by atoms with Crippen molar-refractivity contribution < 1.29 is 22.7 Å². The molecule has 3 aromatic rings. The molecule has 0 saturated carbocycles. The maximum absolute atomic E-state index is 13.5. The average molecular weight is 481 g/mol. The van der Waals surface area contributed by atoms with Crippen LogP contribution in [0.25, 0.3) is 0 Å². The van der Waals surface area contributed by atoms with Crippen molar-refractivity contribution in [2.45, 2.75) is 13.1 Å². The van der Waals surface area contributed by atoms with Gasteiger partial charge in [0.05, 0.1) is 5.56 Å². The first-order valence-electron chi connectivity index (χ1n) is 8.65. The van der Waals surface area contributed by atoms with Gasteiger partial charge in [-0.05, 0) is 36.8 Å². The van der Waals surface area contributed by atoms with Crippen LogP contribution >= 0.6 is 15.9 Å². The molecule has 0 aliphatic rings. The predicted molar refractivity (Wildman–Crippen MR) is 109 cm³/mol. The van der Waals surface area contributed by atoms with Crippen molar-refractivity contribution in [1.29, 1.82) is 0 Å². The highest BCUT2D eigenvalue weighted by molar-refractivity contribution is 9.10. The standard InChI is InChI=1S/C20H16BrF3N4O2/c1-11-7-8-12(9-15(11)21)27-19-26-10-14(20(22,23)24)18(28-19)30-16-6-4-3-5-13(16)17(29)25-2/h3-10H,1-2H3,(H,25,29)(H,26,27,28). The lowest BCUT2D eigenvalue weighted by Gasteiger charge is -2.15. The van der Waals surface area contributed by atoms with Gasteiger partial charge in [-0.2, -0.15) is 18.2 Å². The number of rotatable bonds is 5. The number of nitrogens with one attached hydrogen (secondary N) is 2. The summed E-state index contributed by atoms with van der Waals surface area (Å²) in [5.41, 5.74) is 0.473. The van der Waals surface area contributed by atoms with Crippen molar-refractivity contribution in [3.63, 3.8) is 0 Å². The molecule has 0 bridgehead atoms. The molecule has 2 N–H and O–H groups in total. The number of carbonyl (C=O) groups excluding carboxylic acids is 1. The van der Waals surface area contributed by atoms with E-state index in [1.807, 2.05) is 13.0 Å². The Morgan fingerprint density at radius 2 is 1.90 bits per heavy atom. The van der Waals surface area contributed by atoms with Gasteiger partial charge in [-0.15, -0.1) is 0 Å². The molecule has 0 fully saturated rings. The zero-order valence-corrected chi connectivity index (χ0v) is 17.4. The van der Waals surface area contributed by atoms with Crippen LogP contribution in [0, 0.1) is 6.92 Å². The second-order valence-electron chi connectivity index (χ2n) is 6.18. The van der Waals surface area contributed by atoms with E-state index in [2.05, 4.69) is 36.5 Å². The van der Waals surface area contributed by atoms with Gasteiger partial charge in [-0.25, -0.2) is 4.98 Å². The number of para-hydroxylation sites is 1. The molecule has 1 aromatic heterocycles. The highest BCUT2D eigenvalue weighted by atomic mass is 79.9. The first-order valence-corrected chi connectivity index (χ1v) is 9.44. The lowest BCUT2D eigenvalue weighted by Crippen LogP contribution is -2.19. The number of carbonyl (C=O) groups is 1. The number of aryl methyl sites for hydroxylation is 1. The van der Waals surface area contributed by atoms with Crippen LogP contribution in [0.15, 0.2) is 53.1 Å². The molecule has 0 aliphatic heterocycles. The fourth-order valence-corrected chi connectivity index (χ4v) is 2.86. The normalized spacial score (nSPS) is 11.1. The second-order valence-corrected chi connectivity index (χ2v) is 7.03. The summed E-state index contributed by atoms with van der Waals surface area (Å²) in [4.78, 5) is 19.7. The van der Waals surface area contributed by atoms with Gasteiger partial charge < -0.3 is 15.4 Å². The number of hydrogen-bond acceptors (Lipinski definition) is 5. The van der Waals surface area contributed by atoms with Crippen molar-refractivity contribution in [3.05, 3.63) is 69.8 Å². The van der Waals surface area contributed by atoms with Gasteiger partial charge in [0.1, 0.15) is 11.3 Å². The zero-order chi connectivity index (χ0) is 21.9. The Morgan fingerprint density at radius 1 is 1.17 bits per heavy atom. The molecule has 0 spiro atoms. The molecule has 3 rings (SSSR count). The number of amides is 1. The minimum absolute atomic E-state index is 0.0647. The third-order valence-corrected chi connectivity index (χ3v) is 4.91. The van der Waals surface area contributed by atoms with E-state index in [-0.39, 0.29) is 17.3 Å². The number of hydrogen-bond donors (Lipinski definition) is 2. The maximum Gasteiger partial charge on any atom is 0.423 e. The molecule has 1 amide bonds. The highest BCUT2D eigenvalue weighted by Gasteiger charge is 2.36. The Balaban J connectivity index is 2.00. The quantitative estimate of drug-likeness (QED) is 0.506. The van der Waals surface area contributed by atoms with Crippen molar-refractivity contribution in [1.82, 2.24) is 15.3 Å². The number of alkyl halides is 3. The van der Waals surface area contributed by atoms with Crippen molar-refractivity contribution in [2.24, 2.45) is 0 Å². The number of aromatic nitrogens is 2. The lowest BCUT2D eigenvalue weighted by molar-refractivity contribution is -0.139. The summed E-state index contributed by atoms with van der Waals surface area (Å²) < 4.78 is 46.6. The first kappa shape index (κ1) is 21.6. The summed E-state index contributed by atoms with van der Waals surface area (Å²) in [5.74, 6) is -1.38. The van der Waals surface area contributed by atoms with Gasteiger partial charge in [0, 0.05) is 23.4 Å². The Labute approximate surface area is 178 Å². The third-order valence-electron chi connectivity index (χ3n) is 4.05. The molecular formula is C20H16BrF3N4O2. The van der Waals surface area contributed by atoms with E-state index in [4.69, 9.17) is 4.74 Å². The zero-order valence-electron chi connectivity index (χ0n) is 15.8. The molecule has 30 heavy (non-hydrogen) atoms. The van der Waals surface area contributed by atoms with E-state index < -0.39 is 23.5 Å². The van der Waals surface area contributed by atoms with Crippen LogP contribution in [0.2, 0.25) is 0 Å². The molecule has 6 nitrogen and oxygen atoms in total. The van der Waals surface area contributed by atoms with Gasteiger partial charge in [0.25, 0.3) is 5.91 Å². The predicted octanol–water partition coefficient (Wildman–Crippen LogP) is 5.46. The molecule has 10 heteroatoms. The van der Waals surface area contributed by atoms with Gasteiger partial charge in [0.2, 0.25) is 11.8 Å². The monoisotopic (exact) mass is 480 g/mol. The van der Waals surface area contributed by atoms with Gasteiger partial charge in [0.15, 0.2) is 0 Å². The minimum Gasteiger partial charge on any atom is -0.437 e. The Kier molecular flexibility index (Phi) is 6.25. The van der Waals surface area contributed by atoms with Crippen LogP contribution in [0.3, 0.4) is 0 Å². The Morgan fingerprint density at radius 3 is 2.57 bits per heavy atom. The highest BCUT2D eigenvalue weighted by Crippen LogP contribution is 2.38. The topological polar surface area (TPSA) is 76.1 Å². The Hall–Kier alpha value is -3.14. The van der Waals surface area contributed by atoms with Gasteiger partial charge in [-0.1, -0.05) is 34.1 Å². The van der Waals surface area contributed by atoms with Crippen LogP contribution < -0.4 is 15.4 Å². The second kappa shape index (κ2) is 8.70. The molecule has 0 unspecified atom stereocenters. The van der Waals surface area contributed by atoms with Gasteiger partial charge >= 0.3 is 6.18 Å². The van der Waals surface area contributed by atoms with E-state index in [1.165, 1.54) is 19.2 Å². The first-order chi connectivity index (χ1) is 14.2. The lowest BCUT2D eigenvalue weighted by atomic mass is 10.2. The number of halogens is 4. The number of nitrogens with zero attached hydrogens (tertiary/aromatic N) is 2. The van der Waals surface area contributed by atoms with E-state index in [1.54, 1.807) is 24.3 Å². The van der Waals surface area contributed by atoms with Crippen molar-refractivity contribution in [3.8, 4) is 11.6 Å². The molecule has 0 radical (unpaired) electrons. The van der Waals surface area contributed by atoms with Gasteiger partial charge in [-0.3, -0.25) is 4.79 Å². The van der Waals surface area contributed by atoms with Crippen LogP contribution in [0.5, 0.6) is 11.6 Å². The summed E-state index contributed by atoms with van der Waals surface area (Å²) in [6.45, 7) is 1.90. The molecule has 156 valence electrons. The largest absolute Gasteiger partial charge is 0.437 e. The molecular weight excluding hydrogens is 465 g/mol. The molecule has 2 aromatic carbocycles. The molecule has 1 heterocycles. The van der Waals surface area contributed by atoms with Crippen LogP contribution in [0.4, 0.5) is 24.8 Å². The fourth-order valence-electron chi connectivity index (χ4n) is 2.48. The van der Waals surface area contributed by atoms with Crippen molar-refractivity contribution in [2.75, 3.05) is 12.4 Å². The smallest absolute Gasteiger partial charge is 0.423 e. The van der Waals surface area contributed by atoms with Crippen LogP contribution in [-0.4, -0.2) is 22.9 Å². The SMILES string of the molecule is CNC(=O)c1ccccc1Oc1nc(Nc2ccc(C)c(Br)c2)ncc1C(F)(F)F. The molecule has 0 atom stereocenters. The van der Waals surface area contributed by atoms with E-state index in [0.717, 1.165) is 10.0 Å². The Bertz CT molecular complexity index is 1090. The van der Waals surface area contributed by atoms with Crippen LogP contribution in [-0.2, 0) is 6.18 Å². The maximum atomic E-state index is 13.5. The number of benzene rings is 2. The van der Waals surface area contributed by atoms with Crippen molar-refractivity contribution >= 4 is 33.5 Å². The summed E-state index contributed by atoms with van der Waals surface area (Å²) in [6, 6.07) is 11.2. The van der Waals surface area contributed by atoms with E-state index >= 15 is 0 Å². The number of ether oxygens (including phenoxy) is 1. The number of anilines is 2. The molecule has 0 aliphatic carbocycles. The van der Waals surface area contributed by atoms with E-state index in [0.29, 0.717) is 11.9 Å². The molecule has 0 saturated heterocycles. The summed E-state index contributed by atoms with van der Waals surface area (Å²) >= 11 is 3.39. The average Bonchev–Trinajstić information content (AvgIpc) is 2.70. The summed E-state index contributed by atoms with van der Waals surface area (Å²) in [5, 5.41) is 5.26. The fraction of sp³-hybridized carbons (Fsp3) is 0.150.